The van der Waals surface area contributed by atoms with E-state index in [0.29, 0.717) is 11.5 Å². The van der Waals surface area contributed by atoms with Gasteiger partial charge in [0.1, 0.15) is 11.3 Å². The molecule has 2 aromatic heterocycles. The van der Waals surface area contributed by atoms with Crippen LogP contribution >= 0.6 is 0 Å². The number of nitrogens with one attached hydrogen (secondary N) is 1. The summed E-state index contributed by atoms with van der Waals surface area (Å²) in [5.41, 5.74) is 6.09. The third-order valence-corrected chi connectivity index (χ3v) is 4.34. The smallest absolute Gasteiger partial charge is 0.265 e. The maximum Gasteiger partial charge on any atom is 0.265 e. The number of hydrogen-bond acceptors (Lipinski definition) is 5. The maximum atomic E-state index is 13.2. The van der Waals surface area contributed by atoms with Crippen molar-refractivity contribution in [3.63, 3.8) is 0 Å². The van der Waals surface area contributed by atoms with Gasteiger partial charge in [0.05, 0.1) is 11.7 Å². The highest BCUT2D eigenvalue weighted by molar-refractivity contribution is 6.04. The van der Waals surface area contributed by atoms with Crippen molar-refractivity contribution in [2.75, 3.05) is 5.43 Å². The van der Waals surface area contributed by atoms with Gasteiger partial charge in [-0.3, -0.25) is 0 Å². The number of aryl methyl sites for hydroxylation is 1. The molecule has 27 heavy (non-hydrogen) atoms. The van der Waals surface area contributed by atoms with Gasteiger partial charge in [0.15, 0.2) is 5.65 Å². The number of halogens is 1. The van der Waals surface area contributed by atoms with E-state index in [9.17, 15) is 4.39 Å². The lowest BCUT2D eigenvalue weighted by atomic mass is 10.2. The van der Waals surface area contributed by atoms with Crippen molar-refractivity contribution in [3.8, 4) is 0 Å². The van der Waals surface area contributed by atoms with Crippen LogP contribution in [0.3, 0.4) is 0 Å². The number of aromatic nitrogens is 4. The molecular formula is C20H19FN6. The average Bonchev–Trinajstić information content (AvgIpc) is 2.99. The maximum absolute atomic E-state index is 13.2. The zero-order valence-corrected chi connectivity index (χ0v) is 14.9. The molecule has 4 rings (SSSR count). The van der Waals surface area contributed by atoms with E-state index in [2.05, 4.69) is 43.3 Å². The number of para-hydroxylation sites is 1. The molecule has 0 spiro atoms. The molecule has 0 radical (unpaired) electrons. The Kier molecular flexibility index (Phi) is 4.74. The van der Waals surface area contributed by atoms with Crippen LogP contribution in [-0.2, 0) is 6.54 Å². The second kappa shape index (κ2) is 7.49. The molecule has 0 unspecified atom stereocenters. The first kappa shape index (κ1) is 17.1. The Morgan fingerprint density at radius 3 is 2.89 bits per heavy atom. The second-order valence-electron chi connectivity index (χ2n) is 6.25. The molecule has 0 aliphatic carbocycles. The average molecular weight is 362 g/mol. The Morgan fingerprint density at radius 2 is 2.04 bits per heavy atom. The summed E-state index contributed by atoms with van der Waals surface area (Å²) in [6.07, 6.45) is 3.66. The molecule has 2 heterocycles. The number of unbranched alkanes of at least 4 members (excludes halogenated alkanes) is 1. The number of anilines is 1. The molecule has 0 saturated carbocycles. The minimum absolute atomic E-state index is 0.302. The minimum atomic E-state index is -0.307. The van der Waals surface area contributed by atoms with E-state index in [1.54, 1.807) is 12.1 Å². The highest BCUT2D eigenvalue weighted by atomic mass is 19.1. The molecule has 0 atom stereocenters. The number of hydrogen-bond donors (Lipinski definition) is 1. The van der Waals surface area contributed by atoms with Crippen LogP contribution in [-0.4, -0.2) is 26.0 Å². The summed E-state index contributed by atoms with van der Waals surface area (Å²) in [5.74, 6) is -0.00515. The van der Waals surface area contributed by atoms with Crippen molar-refractivity contribution in [1.29, 1.82) is 0 Å². The van der Waals surface area contributed by atoms with Crippen LogP contribution in [0.15, 0.2) is 53.6 Å². The van der Waals surface area contributed by atoms with Gasteiger partial charge in [-0.25, -0.2) is 9.82 Å². The van der Waals surface area contributed by atoms with Gasteiger partial charge in [-0.15, -0.1) is 10.2 Å². The SMILES string of the molecule is CCCCn1c2ccccc2c2nnc(N/N=C/c3cccc(F)c3)nc21. The number of hydrazone groups is 1. The van der Waals surface area contributed by atoms with Crippen molar-refractivity contribution < 1.29 is 4.39 Å². The molecular weight excluding hydrogens is 343 g/mol. The lowest BCUT2D eigenvalue weighted by Crippen LogP contribution is -2.03. The van der Waals surface area contributed by atoms with Crippen molar-refractivity contribution in [1.82, 2.24) is 19.7 Å². The number of rotatable bonds is 6. The van der Waals surface area contributed by atoms with Gasteiger partial charge in [-0.2, -0.15) is 10.1 Å². The molecule has 136 valence electrons. The fourth-order valence-corrected chi connectivity index (χ4v) is 3.04. The molecule has 2 aromatic carbocycles. The standard InChI is InChI=1S/C20H19FN6/c1-2-3-11-27-17-10-5-4-9-16(17)18-19(27)23-20(26-24-18)25-22-13-14-7-6-8-15(21)12-14/h4-10,12-13H,2-3,11H2,1H3,(H,23,25,26)/b22-13+. The largest absolute Gasteiger partial charge is 0.324 e. The van der Waals surface area contributed by atoms with Gasteiger partial charge >= 0.3 is 0 Å². The monoisotopic (exact) mass is 362 g/mol. The first-order chi connectivity index (χ1) is 13.3. The van der Waals surface area contributed by atoms with Crippen LogP contribution in [0, 0.1) is 5.82 Å². The van der Waals surface area contributed by atoms with Crippen molar-refractivity contribution in [2.24, 2.45) is 5.10 Å². The van der Waals surface area contributed by atoms with E-state index < -0.39 is 0 Å². The van der Waals surface area contributed by atoms with E-state index in [-0.39, 0.29) is 5.82 Å². The van der Waals surface area contributed by atoms with Crippen LogP contribution < -0.4 is 5.43 Å². The topological polar surface area (TPSA) is 68.0 Å². The lowest BCUT2D eigenvalue weighted by molar-refractivity contribution is 0.627. The Hall–Kier alpha value is -3.35. The molecule has 0 aliphatic heterocycles. The second-order valence-corrected chi connectivity index (χ2v) is 6.25. The van der Waals surface area contributed by atoms with E-state index in [4.69, 9.17) is 0 Å². The van der Waals surface area contributed by atoms with E-state index in [0.717, 1.165) is 41.5 Å². The predicted octanol–water partition coefficient (Wildman–Crippen LogP) is 4.36. The summed E-state index contributed by atoms with van der Waals surface area (Å²) in [4.78, 5) is 4.60. The van der Waals surface area contributed by atoms with E-state index in [1.165, 1.54) is 18.3 Å². The molecule has 4 aromatic rings. The minimum Gasteiger partial charge on any atom is -0.324 e. The van der Waals surface area contributed by atoms with Gasteiger partial charge in [0.2, 0.25) is 0 Å². The predicted molar refractivity (Wildman–Crippen MR) is 105 cm³/mol. The Bertz CT molecular complexity index is 1120. The summed E-state index contributed by atoms with van der Waals surface area (Å²) >= 11 is 0. The van der Waals surface area contributed by atoms with Crippen LogP contribution in [0.25, 0.3) is 22.1 Å². The highest BCUT2D eigenvalue weighted by Gasteiger charge is 2.14. The Balaban J connectivity index is 1.67. The molecule has 0 amide bonds. The van der Waals surface area contributed by atoms with Crippen LogP contribution in [0.2, 0.25) is 0 Å². The zero-order valence-electron chi connectivity index (χ0n) is 14.9. The first-order valence-corrected chi connectivity index (χ1v) is 8.92. The molecule has 0 aliphatic rings. The van der Waals surface area contributed by atoms with Gasteiger partial charge in [0.25, 0.3) is 5.95 Å². The van der Waals surface area contributed by atoms with Gasteiger partial charge in [-0.1, -0.05) is 43.7 Å². The summed E-state index contributed by atoms with van der Waals surface area (Å²) in [6, 6.07) is 14.3. The van der Waals surface area contributed by atoms with Crippen molar-refractivity contribution >= 4 is 34.2 Å². The molecule has 0 bridgehead atoms. The van der Waals surface area contributed by atoms with Crippen LogP contribution in [0.1, 0.15) is 25.3 Å². The Labute approximate surface area is 155 Å². The number of benzene rings is 2. The molecule has 7 heteroatoms. The van der Waals surface area contributed by atoms with Gasteiger partial charge < -0.3 is 4.57 Å². The fourth-order valence-electron chi connectivity index (χ4n) is 3.04. The summed E-state index contributed by atoms with van der Waals surface area (Å²) in [5, 5.41) is 13.6. The van der Waals surface area contributed by atoms with Crippen LogP contribution in [0.4, 0.5) is 10.3 Å². The quantitative estimate of drug-likeness (QED) is 0.409. The third-order valence-electron chi connectivity index (χ3n) is 4.34. The van der Waals surface area contributed by atoms with Crippen molar-refractivity contribution in [3.05, 3.63) is 59.9 Å². The summed E-state index contributed by atoms with van der Waals surface area (Å²) in [7, 11) is 0. The van der Waals surface area contributed by atoms with Gasteiger partial charge in [0, 0.05) is 11.9 Å². The van der Waals surface area contributed by atoms with Crippen LogP contribution in [0.5, 0.6) is 0 Å². The number of nitrogens with zero attached hydrogens (tertiary/aromatic N) is 5. The Morgan fingerprint density at radius 1 is 1.15 bits per heavy atom. The molecule has 1 N–H and O–H groups in total. The zero-order chi connectivity index (χ0) is 18.6. The summed E-state index contributed by atoms with van der Waals surface area (Å²) in [6.45, 7) is 3.03. The molecule has 0 fully saturated rings. The third kappa shape index (κ3) is 3.48. The number of fused-ring (bicyclic) bond motifs is 3. The van der Waals surface area contributed by atoms with Gasteiger partial charge in [-0.05, 0) is 30.2 Å². The van der Waals surface area contributed by atoms with Crippen molar-refractivity contribution in [2.45, 2.75) is 26.3 Å². The fraction of sp³-hybridized carbons (Fsp3) is 0.200. The molecule has 0 saturated heterocycles. The first-order valence-electron chi connectivity index (χ1n) is 8.92. The normalized spacial score (nSPS) is 11.6. The lowest BCUT2D eigenvalue weighted by Gasteiger charge is -2.05. The molecule has 6 nitrogen and oxygen atoms in total. The van der Waals surface area contributed by atoms with E-state index in [1.807, 2.05) is 18.2 Å². The van der Waals surface area contributed by atoms with E-state index >= 15 is 0 Å². The summed E-state index contributed by atoms with van der Waals surface area (Å²) < 4.78 is 15.4. The highest BCUT2D eigenvalue weighted by Crippen LogP contribution is 2.26.